The first-order chi connectivity index (χ1) is 18.8. The standard InChI is InChI=1S/C28H29N3O8/c1-4-16-37-22-13-11-21(12-14-22)28(33)39-25-15-10-20(17-26(25)36-5-2)18-29-30-27(32)19(3)38-24-9-7-6-8-23(24)31(34)35/h6-15,17-19H,4-5,16H2,1-3H3,(H,30,32)/b29-18+. The number of benzene rings is 3. The van der Waals surface area contributed by atoms with Crippen LogP contribution in [0.3, 0.4) is 0 Å². The van der Waals surface area contributed by atoms with Crippen LogP contribution >= 0.6 is 0 Å². The average molecular weight is 536 g/mol. The number of nitrogens with zero attached hydrogens (tertiary/aromatic N) is 2. The van der Waals surface area contributed by atoms with Gasteiger partial charge < -0.3 is 18.9 Å². The van der Waals surface area contributed by atoms with Crippen molar-refractivity contribution < 1.29 is 33.5 Å². The minimum Gasteiger partial charge on any atom is -0.494 e. The summed E-state index contributed by atoms with van der Waals surface area (Å²) in [6.07, 6.45) is 1.21. The third-order valence-corrected chi connectivity index (χ3v) is 5.16. The molecule has 0 fully saturated rings. The summed E-state index contributed by atoms with van der Waals surface area (Å²) in [5.74, 6) is 0.0196. The molecule has 204 valence electrons. The zero-order valence-corrected chi connectivity index (χ0v) is 21.8. The number of hydrazone groups is 1. The van der Waals surface area contributed by atoms with E-state index in [0.717, 1.165) is 6.42 Å². The highest BCUT2D eigenvalue weighted by Crippen LogP contribution is 2.29. The van der Waals surface area contributed by atoms with Gasteiger partial charge in [0.2, 0.25) is 0 Å². The number of hydrogen-bond donors (Lipinski definition) is 1. The quantitative estimate of drug-likeness (QED) is 0.107. The maximum Gasteiger partial charge on any atom is 0.343 e. The number of nitro benzene ring substituents is 1. The predicted molar refractivity (Wildman–Crippen MR) is 144 cm³/mol. The molecule has 0 aliphatic carbocycles. The van der Waals surface area contributed by atoms with Crippen LogP contribution in [0, 0.1) is 10.1 Å². The molecule has 11 nitrogen and oxygen atoms in total. The Bertz CT molecular complexity index is 1320. The molecule has 0 aromatic heterocycles. The molecule has 1 N–H and O–H groups in total. The van der Waals surface area contributed by atoms with Gasteiger partial charge >= 0.3 is 11.7 Å². The van der Waals surface area contributed by atoms with Crippen molar-refractivity contribution >= 4 is 23.8 Å². The van der Waals surface area contributed by atoms with Crippen molar-refractivity contribution in [2.24, 2.45) is 5.10 Å². The third kappa shape index (κ3) is 8.29. The van der Waals surface area contributed by atoms with Gasteiger partial charge in [-0.05, 0) is 74.4 Å². The van der Waals surface area contributed by atoms with Crippen LogP contribution in [0.2, 0.25) is 0 Å². The number of rotatable bonds is 13. The highest BCUT2D eigenvalue weighted by Gasteiger charge is 2.20. The number of para-hydroxylation sites is 2. The lowest BCUT2D eigenvalue weighted by molar-refractivity contribution is -0.386. The fraction of sp³-hybridized carbons (Fsp3) is 0.250. The van der Waals surface area contributed by atoms with Gasteiger partial charge in [0.15, 0.2) is 23.4 Å². The number of nitro groups is 1. The lowest BCUT2D eigenvalue weighted by atomic mass is 10.2. The minimum absolute atomic E-state index is 0.0265. The molecule has 0 saturated carbocycles. The summed E-state index contributed by atoms with van der Waals surface area (Å²) in [5, 5.41) is 15.1. The van der Waals surface area contributed by atoms with Crippen LogP contribution < -0.4 is 24.4 Å². The third-order valence-electron chi connectivity index (χ3n) is 5.16. The second-order valence-electron chi connectivity index (χ2n) is 8.12. The summed E-state index contributed by atoms with van der Waals surface area (Å²) < 4.78 is 22.1. The lowest BCUT2D eigenvalue weighted by Crippen LogP contribution is -2.33. The van der Waals surface area contributed by atoms with Gasteiger partial charge in [-0.1, -0.05) is 19.1 Å². The van der Waals surface area contributed by atoms with Gasteiger partial charge in [-0.3, -0.25) is 14.9 Å². The molecule has 3 rings (SSSR count). The largest absolute Gasteiger partial charge is 0.494 e. The molecule has 3 aromatic rings. The summed E-state index contributed by atoms with van der Waals surface area (Å²) in [7, 11) is 0. The number of hydrogen-bond acceptors (Lipinski definition) is 9. The Morgan fingerprint density at radius 2 is 1.74 bits per heavy atom. The minimum atomic E-state index is -1.05. The van der Waals surface area contributed by atoms with E-state index >= 15 is 0 Å². The van der Waals surface area contributed by atoms with E-state index in [0.29, 0.717) is 35.8 Å². The van der Waals surface area contributed by atoms with Crippen LogP contribution in [0.4, 0.5) is 5.69 Å². The lowest BCUT2D eigenvalue weighted by Gasteiger charge is -2.13. The number of carbonyl (C=O) groups excluding carboxylic acids is 2. The van der Waals surface area contributed by atoms with Crippen LogP contribution in [-0.2, 0) is 4.79 Å². The van der Waals surface area contributed by atoms with Gasteiger partial charge in [0.1, 0.15) is 5.75 Å². The molecule has 11 heteroatoms. The Morgan fingerprint density at radius 3 is 2.44 bits per heavy atom. The molecule has 1 amide bonds. The van der Waals surface area contributed by atoms with Crippen LogP contribution in [-0.4, -0.2) is 42.3 Å². The van der Waals surface area contributed by atoms with Crippen LogP contribution in [0.5, 0.6) is 23.0 Å². The second kappa shape index (κ2) is 14.1. The molecular formula is C28H29N3O8. The van der Waals surface area contributed by atoms with Crippen molar-refractivity contribution in [2.45, 2.75) is 33.3 Å². The van der Waals surface area contributed by atoms with Gasteiger partial charge in [0, 0.05) is 6.07 Å². The summed E-state index contributed by atoms with van der Waals surface area (Å²) in [6.45, 7) is 6.16. The Hall–Kier alpha value is -4.93. The van der Waals surface area contributed by atoms with E-state index in [1.54, 1.807) is 55.5 Å². The molecule has 0 saturated heterocycles. The molecule has 0 bridgehead atoms. The number of esters is 1. The van der Waals surface area contributed by atoms with Crippen LogP contribution in [0.15, 0.2) is 71.8 Å². The molecule has 0 spiro atoms. The van der Waals surface area contributed by atoms with Gasteiger partial charge in [0.25, 0.3) is 5.91 Å². The molecule has 0 heterocycles. The number of ether oxygens (including phenoxy) is 4. The summed E-state index contributed by atoms with van der Waals surface area (Å²) in [5.41, 5.74) is 3.00. The van der Waals surface area contributed by atoms with Crippen LogP contribution in [0.25, 0.3) is 0 Å². The van der Waals surface area contributed by atoms with Crippen molar-refractivity contribution in [2.75, 3.05) is 13.2 Å². The maximum absolute atomic E-state index is 12.6. The summed E-state index contributed by atoms with van der Waals surface area (Å²) >= 11 is 0. The SMILES string of the molecule is CCCOc1ccc(C(=O)Oc2ccc(/C=N/NC(=O)C(C)Oc3ccccc3[N+](=O)[O-])cc2OCC)cc1. The smallest absolute Gasteiger partial charge is 0.343 e. The van der Waals surface area contributed by atoms with E-state index in [1.807, 2.05) is 6.92 Å². The monoisotopic (exact) mass is 535 g/mol. The zero-order chi connectivity index (χ0) is 28.2. The van der Waals surface area contributed by atoms with Crippen molar-refractivity contribution in [1.29, 1.82) is 0 Å². The van der Waals surface area contributed by atoms with E-state index in [-0.39, 0.29) is 17.2 Å². The zero-order valence-electron chi connectivity index (χ0n) is 21.8. The van der Waals surface area contributed by atoms with Crippen molar-refractivity contribution in [1.82, 2.24) is 5.43 Å². The fourth-order valence-electron chi connectivity index (χ4n) is 3.24. The Labute approximate surface area is 225 Å². The second-order valence-corrected chi connectivity index (χ2v) is 8.12. The first kappa shape index (κ1) is 28.6. The molecule has 0 aliphatic rings. The van der Waals surface area contributed by atoms with Gasteiger partial charge in [0.05, 0.1) is 29.9 Å². The van der Waals surface area contributed by atoms with Gasteiger partial charge in [-0.15, -0.1) is 0 Å². The predicted octanol–water partition coefficient (Wildman–Crippen LogP) is 4.92. The fourth-order valence-corrected chi connectivity index (χ4v) is 3.24. The van der Waals surface area contributed by atoms with Crippen molar-refractivity contribution in [3.63, 3.8) is 0 Å². The van der Waals surface area contributed by atoms with E-state index in [1.165, 1.54) is 31.3 Å². The Kier molecular flexibility index (Phi) is 10.4. The van der Waals surface area contributed by atoms with Gasteiger partial charge in [-0.25, -0.2) is 10.2 Å². The molecule has 1 unspecified atom stereocenters. The van der Waals surface area contributed by atoms with E-state index in [4.69, 9.17) is 18.9 Å². The number of carbonyl (C=O) groups is 2. The molecule has 39 heavy (non-hydrogen) atoms. The Balaban J connectivity index is 1.62. The summed E-state index contributed by atoms with van der Waals surface area (Å²) in [4.78, 5) is 35.5. The Morgan fingerprint density at radius 1 is 1.00 bits per heavy atom. The van der Waals surface area contributed by atoms with E-state index < -0.39 is 22.9 Å². The van der Waals surface area contributed by atoms with Crippen molar-refractivity contribution in [3.8, 4) is 23.0 Å². The molecular weight excluding hydrogens is 506 g/mol. The van der Waals surface area contributed by atoms with Gasteiger partial charge in [-0.2, -0.15) is 5.10 Å². The number of nitrogens with one attached hydrogen (secondary N) is 1. The first-order valence-corrected chi connectivity index (χ1v) is 12.3. The maximum atomic E-state index is 12.6. The molecule has 0 aliphatic heterocycles. The van der Waals surface area contributed by atoms with E-state index in [2.05, 4.69) is 10.5 Å². The topological polar surface area (TPSA) is 139 Å². The normalized spacial score (nSPS) is 11.5. The average Bonchev–Trinajstić information content (AvgIpc) is 2.93. The highest BCUT2D eigenvalue weighted by atomic mass is 16.6. The van der Waals surface area contributed by atoms with E-state index in [9.17, 15) is 19.7 Å². The highest BCUT2D eigenvalue weighted by molar-refractivity contribution is 5.92. The molecule has 0 radical (unpaired) electrons. The molecule has 3 aromatic carbocycles. The summed E-state index contributed by atoms with van der Waals surface area (Å²) in [6, 6.07) is 17.2. The number of amides is 1. The first-order valence-electron chi connectivity index (χ1n) is 12.3. The van der Waals surface area contributed by atoms with Crippen LogP contribution in [0.1, 0.15) is 43.1 Å². The molecule has 1 atom stereocenters. The van der Waals surface area contributed by atoms with Crippen molar-refractivity contribution in [3.05, 3.63) is 88.0 Å².